The van der Waals surface area contributed by atoms with Gasteiger partial charge in [0.25, 0.3) is 15.6 Å². The molecule has 0 bridgehead atoms. The molecule has 34 heavy (non-hydrogen) atoms. The Hall–Kier alpha value is -4.40. The highest BCUT2D eigenvalue weighted by atomic mass is 32.2. The van der Waals surface area contributed by atoms with Crippen molar-refractivity contribution < 1.29 is 31.5 Å². The lowest BCUT2D eigenvalue weighted by Crippen LogP contribution is -2.38. The van der Waals surface area contributed by atoms with E-state index < -0.39 is 61.3 Å². The molecule has 11 nitrogen and oxygen atoms in total. The first-order valence-electron chi connectivity index (χ1n) is 9.14. The maximum absolute atomic E-state index is 13.9. The molecule has 0 spiro atoms. The van der Waals surface area contributed by atoms with E-state index in [0.717, 1.165) is 23.2 Å². The smallest absolute Gasteiger partial charge is 0.418 e. The second kappa shape index (κ2) is 7.87. The quantitative estimate of drug-likeness (QED) is 0.379. The molecule has 0 aliphatic carbocycles. The van der Waals surface area contributed by atoms with Crippen molar-refractivity contribution in [1.29, 1.82) is 0 Å². The van der Waals surface area contributed by atoms with Gasteiger partial charge in [0.05, 0.1) is 27.0 Å². The summed E-state index contributed by atoms with van der Waals surface area (Å²) >= 11 is 0. The number of aromatic nitrogens is 4. The molecule has 4 aromatic rings. The van der Waals surface area contributed by atoms with E-state index in [9.17, 15) is 36.0 Å². The summed E-state index contributed by atoms with van der Waals surface area (Å²) in [6.07, 6.45) is -3.43. The Morgan fingerprint density at radius 1 is 1.12 bits per heavy atom. The second-order valence-electron chi connectivity index (χ2n) is 6.86. The summed E-state index contributed by atoms with van der Waals surface area (Å²) < 4.78 is 68.1. The summed E-state index contributed by atoms with van der Waals surface area (Å²) in [5.41, 5.74) is -5.70. The third-order valence-electron chi connectivity index (χ3n) is 4.67. The number of carbonyl (C=O) groups is 1. The van der Waals surface area contributed by atoms with Crippen LogP contribution in [0.2, 0.25) is 0 Å². The highest BCUT2D eigenvalue weighted by Crippen LogP contribution is 2.35. The predicted octanol–water partition coefficient (Wildman–Crippen LogP) is 1.52. The van der Waals surface area contributed by atoms with Crippen LogP contribution in [0.5, 0.6) is 0 Å². The zero-order chi connectivity index (χ0) is 24.8. The van der Waals surface area contributed by atoms with Crippen molar-refractivity contribution >= 4 is 26.9 Å². The fourth-order valence-corrected chi connectivity index (χ4v) is 4.18. The summed E-state index contributed by atoms with van der Waals surface area (Å²) in [6, 6.07) is 7.87. The summed E-state index contributed by atoms with van der Waals surface area (Å²) in [4.78, 5) is 42.8. The number of aromatic amines is 1. The van der Waals surface area contributed by atoms with Crippen molar-refractivity contribution in [3.05, 3.63) is 87.1 Å². The minimum absolute atomic E-state index is 0.272. The van der Waals surface area contributed by atoms with Gasteiger partial charge >= 0.3 is 17.8 Å². The van der Waals surface area contributed by atoms with Crippen LogP contribution in [-0.2, 0) is 16.2 Å². The van der Waals surface area contributed by atoms with Crippen LogP contribution in [0, 0.1) is 0 Å². The van der Waals surface area contributed by atoms with Gasteiger partial charge in [-0.2, -0.15) is 26.3 Å². The van der Waals surface area contributed by atoms with Crippen LogP contribution in [0.1, 0.15) is 16.1 Å². The minimum Gasteiger partial charge on any atom is -0.476 e. The van der Waals surface area contributed by atoms with Crippen molar-refractivity contribution in [1.82, 2.24) is 19.2 Å². The number of nitrogens with zero attached hydrogens (tertiary/aromatic N) is 3. The largest absolute Gasteiger partial charge is 0.476 e. The molecule has 0 atom stereocenters. The number of hydrogen-bond acceptors (Lipinski definition) is 6. The van der Waals surface area contributed by atoms with E-state index in [0.29, 0.717) is 6.07 Å². The van der Waals surface area contributed by atoms with Gasteiger partial charge in [0, 0.05) is 6.20 Å². The molecule has 0 saturated heterocycles. The van der Waals surface area contributed by atoms with Gasteiger partial charge in [0.1, 0.15) is 6.33 Å². The third kappa shape index (κ3) is 4.03. The van der Waals surface area contributed by atoms with Crippen LogP contribution < -0.4 is 16.1 Å². The van der Waals surface area contributed by atoms with Gasteiger partial charge in [0.2, 0.25) is 0 Å². The Bertz CT molecular complexity index is 1660. The fourth-order valence-electron chi connectivity index (χ4n) is 3.14. The number of nitrogens with one attached hydrogen (secondary N) is 2. The molecule has 0 amide bonds. The SMILES string of the molecule is O=C(O)c1cn(-c2cc3c(=O)[nH]c(=O)n(NS(=O)(=O)c4ccccc4)c3cc2C(F)(F)F)cn1. The summed E-state index contributed by atoms with van der Waals surface area (Å²) in [5.74, 6) is -1.49. The number of carboxylic acid groups (broad SMARTS) is 1. The number of sulfonamides is 1. The Morgan fingerprint density at radius 3 is 2.38 bits per heavy atom. The van der Waals surface area contributed by atoms with Crippen molar-refractivity contribution in [2.24, 2.45) is 0 Å². The molecule has 2 heterocycles. The van der Waals surface area contributed by atoms with Gasteiger partial charge < -0.3 is 9.67 Å². The minimum atomic E-state index is -5.04. The maximum atomic E-state index is 13.9. The molecule has 0 saturated carbocycles. The third-order valence-corrected chi connectivity index (χ3v) is 5.99. The Kier molecular flexibility index (Phi) is 5.28. The summed E-state index contributed by atoms with van der Waals surface area (Å²) in [7, 11) is -4.43. The van der Waals surface area contributed by atoms with Crippen molar-refractivity contribution in [2.75, 3.05) is 4.83 Å². The first-order valence-corrected chi connectivity index (χ1v) is 10.6. The molecule has 2 aromatic heterocycles. The summed E-state index contributed by atoms with van der Waals surface area (Å²) in [5, 5.41) is 8.52. The predicted molar refractivity (Wildman–Crippen MR) is 111 cm³/mol. The topological polar surface area (TPSA) is 156 Å². The number of hydrogen-bond donors (Lipinski definition) is 3. The lowest BCUT2D eigenvalue weighted by Gasteiger charge is -2.17. The van der Waals surface area contributed by atoms with E-state index in [1.807, 2.05) is 9.82 Å². The van der Waals surface area contributed by atoms with Crippen LogP contribution in [0.4, 0.5) is 13.2 Å². The molecular weight excluding hydrogens is 483 g/mol. The Labute approximate surface area is 186 Å². The number of H-pyrrole nitrogens is 1. The van der Waals surface area contributed by atoms with Gasteiger partial charge in [-0.1, -0.05) is 18.2 Å². The van der Waals surface area contributed by atoms with Crippen molar-refractivity contribution in [3.63, 3.8) is 0 Å². The molecule has 0 aliphatic heterocycles. The molecule has 2 aromatic carbocycles. The number of carboxylic acids is 1. The first-order chi connectivity index (χ1) is 15.9. The molecule has 176 valence electrons. The molecule has 15 heteroatoms. The molecule has 0 aliphatic rings. The normalized spacial score (nSPS) is 12.1. The summed E-state index contributed by atoms with van der Waals surface area (Å²) in [6.45, 7) is 0. The van der Waals surface area contributed by atoms with Crippen LogP contribution in [0.25, 0.3) is 16.6 Å². The van der Waals surface area contributed by atoms with Crippen LogP contribution in [0.15, 0.2) is 69.5 Å². The average Bonchev–Trinajstić information content (AvgIpc) is 3.26. The zero-order valence-electron chi connectivity index (χ0n) is 16.6. The van der Waals surface area contributed by atoms with E-state index in [1.54, 1.807) is 0 Å². The highest BCUT2D eigenvalue weighted by molar-refractivity contribution is 7.92. The van der Waals surface area contributed by atoms with Gasteiger partial charge in [-0.3, -0.25) is 9.78 Å². The highest BCUT2D eigenvalue weighted by Gasteiger charge is 2.35. The molecule has 3 N–H and O–H groups in total. The number of rotatable bonds is 5. The number of aromatic carboxylic acids is 1. The second-order valence-corrected chi connectivity index (χ2v) is 8.52. The Morgan fingerprint density at radius 2 is 1.79 bits per heavy atom. The van der Waals surface area contributed by atoms with Crippen LogP contribution in [0.3, 0.4) is 0 Å². The van der Waals surface area contributed by atoms with Gasteiger partial charge in [-0.05, 0) is 24.3 Å². The van der Waals surface area contributed by atoms with Gasteiger partial charge in [-0.15, -0.1) is 0 Å². The zero-order valence-corrected chi connectivity index (χ0v) is 17.4. The fraction of sp³-hybridized carbons (Fsp3) is 0.0526. The number of alkyl halides is 3. The number of imidazole rings is 1. The van der Waals surface area contributed by atoms with E-state index in [4.69, 9.17) is 5.11 Å². The Balaban J connectivity index is 2.00. The van der Waals surface area contributed by atoms with Crippen LogP contribution >= 0.6 is 0 Å². The maximum Gasteiger partial charge on any atom is 0.418 e. The van der Waals surface area contributed by atoms with E-state index in [-0.39, 0.29) is 9.57 Å². The molecule has 0 radical (unpaired) electrons. The van der Waals surface area contributed by atoms with Crippen LogP contribution in [-0.4, -0.2) is 38.7 Å². The monoisotopic (exact) mass is 495 g/mol. The number of benzene rings is 2. The molecule has 0 unspecified atom stereocenters. The molecule has 0 fully saturated rings. The first kappa shape index (κ1) is 22.8. The lowest BCUT2D eigenvalue weighted by molar-refractivity contribution is -0.137. The number of fused-ring (bicyclic) bond motifs is 1. The average molecular weight is 495 g/mol. The van der Waals surface area contributed by atoms with E-state index in [2.05, 4.69) is 4.98 Å². The number of halogens is 3. The lowest BCUT2D eigenvalue weighted by atomic mass is 10.1. The standard InChI is InChI=1S/C19H12F3N5O6S/c20-19(21,22)12-7-14-11(6-15(12)26-8-13(17(29)30)23-9-26)16(28)24-18(31)27(14)25-34(32,33)10-4-2-1-3-5-10/h1-9,25H,(H,29,30)(H,24,28,31). The van der Waals surface area contributed by atoms with Gasteiger partial charge in [0.15, 0.2) is 5.69 Å². The van der Waals surface area contributed by atoms with E-state index in [1.165, 1.54) is 30.3 Å². The van der Waals surface area contributed by atoms with Crippen molar-refractivity contribution in [2.45, 2.75) is 11.1 Å². The molecule has 4 rings (SSSR count). The van der Waals surface area contributed by atoms with E-state index >= 15 is 0 Å². The van der Waals surface area contributed by atoms with Gasteiger partial charge in [-0.25, -0.2) is 19.4 Å². The molecular formula is C19H12F3N5O6S. The van der Waals surface area contributed by atoms with Crippen molar-refractivity contribution in [3.8, 4) is 5.69 Å².